The first-order valence-electron chi connectivity index (χ1n) is 34.8. The summed E-state index contributed by atoms with van der Waals surface area (Å²) in [6.07, 6.45) is 2.94. The third-order valence-electron chi connectivity index (χ3n) is 17.2. The Labute approximate surface area is 653 Å². The number of benzene rings is 4. The van der Waals surface area contributed by atoms with Gasteiger partial charge in [0.05, 0.1) is 103 Å². The third-order valence-corrected chi connectivity index (χ3v) is 17.2. The molecular weight excluding hydrogens is 1430 g/mol. The number of phenols is 3. The maximum atomic E-state index is 12.6. The van der Waals surface area contributed by atoms with Gasteiger partial charge in [0.25, 0.3) is 0 Å². The van der Waals surface area contributed by atoms with Crippen LogP contribution in [0.15, 0.2) is 48.5 Å². The molecule has 4 fully saturated rings. The monoisotopic (exact) mass is 1540 g/mol. The number of carboxylic acids is 3. The molecule has 0 aliphatic carbocycles. The zero-order valence-electron chi connectivity index (χ0n) is 64.3. The van der Waals surface area contributed by atoms with Gasteiger partial charge >= 0.3 is 59.4 Å². The van der Waals surface area contributed by atoms with Crippen LogP contribution in [0.1, 0.15) is 61.8 Å². The van der Waals surface area contributed by atoms with Gasteiger partial charge in [-0.3, -0.25) is 58.0 Å². The average Bonchev–Trinajstić information content (AvgIpc) is 0.839. The molecule has 598 valence electrons. The predicted molar refractivity (Wildman–Crippen MR) is 389 cm³/mol. The van der Waals surface area contributed by atoms with Crippen LogP contribution in [0, 0.1) is 0 Å². The second-order valence-electron chi connectivity index (χ2n) is 24.4. The smallest absolute Gasteiger partial charge is 0.870 e. The maximum Gasteiger partial charge on any atom is 1.00 e. The number of aromatic hydroxyl groups is 3. The number of piperazine rings is 4. The van der Waals surface area contributed by atoms with Gasteiger partial charge in [-0.25, -0.2) is 0 Å². The van der Waals surface area contributed by atoms with Crippen molar-refractivity contribution in [2.24, 2.45) is 0 Å². The molecule has 34 nitrogen and oxygen atoms in total. The van der Waals surface area contributed by atoms with E-state index in [1.54, 1.807) is 76.4 Å². The molecule has 3 amide bonds. The van der Waals surface area contributed by atoms with Crippen LogP contribution in [0.5, 0.6) is 69.0 Å². The number of ether oxygens (including phenoxy) is 11. The van der Waals surface area contributed by atoms with Gasteiger partial charge in [0.1, 0.15) is 0 Å². The third kappa shape index (κ3) is 32.8. The van der Waals surface area contributed by atoms with Gasteiger partial charge in [0, 0.05) is 130 Å². The molecule has 4 aromatic carbocycles. The minimum absolute atomic E-state index is 0. The van der Waals surface area contributed by atoms with Crippen molar-refractivity contribution >= 4 is 47.6 Å². The number of carbonyl (C=O) groups is 8. The number of rotatable bonds is 31. The fraction of sp³-hybridized carbons (Fsp3) is 0.562. The first kappa shape index (κ1) is 95.1. The van der Waals surface area contributed by atoms with Crippen LogP contribution in [0.2, 0.25) is 0 Å². The van der Waals surface area contributed by atoms with E-state index in [9.17, 15) is 53.7 Å². The summed E-state index contributed by atoms with van der Waals surface area (Å²) in [5.41, 5.74) is 3.26. The van der Waals surface area contributed by atoms with Crippen LogP contribution < -0.4 is 77.5 Å². The van der Waals surface area contributed by atoms with Crippen LogP contribution in [0.3, 0.4) is 0 Å². The van der Waals surface area contributed by atoms with Crippen molar-refractivity contribution < 1.29 is 156 Å². The Bertz CT molecular complexity index is 3350. The number of nitrogens with one attached hydrogen (secondary N) is 1. The van der Waals surface area contributed by atoms with Gasteiger partial charge in [-0.2, -0.15) is 0 Å². The summed E-state index contributed by atoms with van der Waals surface area (Å²) in [5.74, 6) is 0.740. The van der Waals surface area contributed by atoms with Crippen molar-refractivity contribution in [1.82, 2.24) is 39.6 Å². The normalized spacial score (nSPS) is 14.3. The molecule has 35 heteroatoms. The minimum Gasteiger partial charge on any atom is -0.870 e. The first-order valence-corrected chi connectivity index (χ1v) is 34.8. The van der Waals surface area contributed by atoms with E-state index in [2.05, 4.69) is 10.2 Å². The standard InChI is InChI=1S/C20H30N2O6.C18H26N2O6.C15H20N2O6.C12H16O5.C8H16N2O2.Na.H2O/c1-5-28-19(24)14-21-8-10-22(11-9-21)18(23)7-6-15-12-16(25-2)20(27-4)17(13-15)26-3;1-24-14-10-13(11-15(25-2)18(14)26-3)4-5-16(21)20-8-6-19(7-9-20)12-17(22)23;18-11-7-10(8-12(19)15(11)23)1-2-13(20)17-5-3-16(4-6-17)9-14(21)22;1-15-9-6-8(4-5-11(13)14)7-10(16-2)12(9)17-3;1-2-12-8(11)7-10-5-3-9-4-6-10;;/h12-13H,5-11,14H2,1-4H3;10-11H,4-9,12H2,1-3H3,(H,22,23);7-8,18-19,23H,1-6,9H2,(H,21,22);6-7H,4-5H2,1-3H3,(H,13,14);9H,2-7H2,1H3;;1H2/q;;;;;+1;/p-1. The van der Waals surface area contributed by atoms with E-state index in [1.165, 1.54) is 33.5 Å². The van der Waals surface area contributed by atoms with E-state index < -0.39 is 35.2 Å². The molecule has 4 aromatic rings. The summed E-state index contributed by atoms with van der Waals surface area (Å²) in [6, 6.07) is 13.6. The fourth-order valence-corrected chi connectivity index (χ4v) is 11.6. The number of methoxy groups -OCH3 is 9. The van der Waals surface area contributed by atoms with Crippen LogP contribution in [0.4, 0.5) is 0 Å². The molecule has 8 N–H and O–H groups in total. The summed E-state index contributed by atoms with van der Waals surface area (Å²) in [5, 5.41) is 57.6. The Kier molecular flexibility index (Phi) is 45.2. The van der Waals surface area contributed by atoms with E-state index in [1.807, 2.05) is 45.9 Å². The molecule has 0 radical (unpaired) electrons. The molecule has 4 saturated heterocycles. The second-order valence-corrected chi connectivity index (χ2v) is 24.4. The van der Waals surface area contributed by atoms with Gasteiger partial charge in [-0.15, -0.1) is 0 Å². The summed E-state index contributed by atoms with van der Waals surface area (Å²) < 4.78 is 57.3. The van der Waals surface area contributed by atoms with Crippen molar-refractivity contribution in [2.75, 3.05) is 208 Å². The summed E-state index contributed by atoms with van der Waals surface area (Å²) in [4.78, 5) is 105. The molecule has 0 atom stereocenters. The van der Waals surface area contributed by atoms with Crippen molar-refractivity contribution in [3.05, 3.63) is 70.8 Å². The molecule has 0 unspecified atom stereocenters. The Hall–Kier alpha value is -9.00. The zero-order chi connectivity index (χ0) is 78.3. The number of carbonyl (C=O) groups excluding carboxylic acids is 5. The van der Waals surface area contributed by atoms with Gasteiger partial charge < -0.3 is 108 Å². The molecule has 0 saturated carbocycles. The second kappa shape index (κ2) is 51.4. The molecule has 108 heavy (non-hydrogen) atoms. The number of aryl methyl sites for hydroxylation is 4. The molecular formula is C73H109N8NaO26. The molecule has 8 rings (SSSR count). The Balaban J connectivity index is 0.000000467. The van der Waals surface area contributed by atoms with E-state index in [-0.39, 0.29) is 97.2 Å². The predicted octanol–water partition coefficient (Wildman–Crippen LogP) is 0.202. The van der Waals surface area contributed by atoms with Crippen LogP contribution in [0.25, 0.3) is 0 Å². The van der Waals surface area contributed by atoms with Gasteiger partial charge in [-0.1, -0.05) is 0 Å². The molecule has 0 spiro atoms. The Morgan fingerprint density at radius 3 is 0.843 bits per heavy atom. The van der Waals surface area contributed by atoms with Crippen molar-refractivity contribution in [3.8, 4) is 69.0 Å². The van der Waals surface area contributed by atoms with E-state index in [0.29, 0.717) is 194 Å². The minimum atomic E-state index is -0.878. The van der Waals surface area contributed by atoms with Crippen LogP contribution in [-0.4, -0.2) is 326 Å². The fourth-order valence-electron chi connectivity index (χ4n) is 11.6. The molecule has 0 aromatic heterocycles. The number of carboxylic acid groups (broad SMARTS) is 3. The largest absolute Gasteiger partial charge is 1.00 e. The quantitative estimate of drug-likeness (QED) is 0.0201. The SMILES string of the molecule is CCOC(=O)CN1CCN(C(=O)CCc2cc(OC)c(OC)c(OC)c2)CC1.CCOC(=O)CN1CCNCC1.COc1cc(CCC(=O)N2CCN(CC(=O)O)CC2)cc(OC)c1OC.COc1cc(CCC(=O)O)cc(OC)c1OC.O=C(O)CN1CCN(C(=O)CCc2cc(O)c(O)c(O)c2)CC1.[Na+].[OH-]. The zero-order valence-corrected chi connectivity index (χ0v) is 66.3. The van der Waals surface area contributed by atoms with E-state index in [4.69, 9.17) is 67.4 Å². The Morgan fingerprint density at radius 2 is 0.602 bits per heavy atom. The Morgan fingerprint density at radius 1 is 0.352 bits per heavy atom. The molecule has 4 heterocycles. The molecule has 4 aliphatic heterocycles. The molecule has 4 aliphatic rings. The number of phenolic OH excluding ortho intramolecular Hbond substituents is 3. The summed E-state index contributed by atoms with van der Waals surface area (Å²) in [7, 11) is 13.9. The van der Waals surface area contributed by atoms with Gasteiger partial charge in [0.2, 0.25) is 35.0 Å². The van der Waals surface area contributed by atoms with Crippen molar-refractivity contribution in [1.29, 1.82) is 0 Å². The van der Waals surface area contributed by atoms with Crippen molar-refractivity contribution in [3.63, 3.8) is 0 Å². The van der Waals surface area contributed by atoms with Gasteiger partial charge in [0.15, 0.2) is 51.7 Å². The van der Waals surface area contributed by atoms with E-state index in [0.717, 1.165) is 42.9 Å². The average molecular weight is 1540 g/mol. The summed E-state index contributed by atoms with van der Waals surface area (Å²) >= 11 is 0. The topological polar surface area (TPSA) is 424 Å². The first-order chi connectivity index (χ1) is 50.8. The maximum absolute atomic E-state index is 12.6. The van der Waals surface area contributed by atoms with Crippen molar-refractivity contribution in [2.45, 2.75) is 65.2 Å². The number of nitrogens with zero attached hydrogens (tertiary/aromatic N) is 7. The van der Waals surface area contributed by atoms with E-state index >= 15 is 0 Å². The summed E-state index contributed by atoms with van der Waals surface area (Å²) in [6.45, 7) is 15.9. The van der Waals surface area contributed by atoms with Crippen LogP contribution in [-0.2, 0) is 73.5 Å². The van der Waals surface area contributed by atoms with Crippen LogP contribution >= 0.6 is 0 Å². The number of esters is 2. The van der Waals surface area contributed by atoms with Gasteiger partial charge in [-0.05, 0) is 110 Å². The number of amides is 3. The number of hydrogen-bond acceptors (Lipinski definition) is 28. The number of hydrogen-bond donors (Lipinski definition) is 7. The number of aliphatic carboxylic acids is 3. The molecule has 0 bridgehead atoms.